The average molecular weight is 317 g/mol. The first kappa shape index (κ1) is 15.3. The number of aromatic amines is 2. The Kier molecular flexibility index (Phi) is 3.69. The third-order valence-electron chi connectivity index (χ3n) is 4.30. The number of rotatable bonds is 3. The molecule has 2 aromatic rings. The van der Waals surface area contributed by atoms with Gasteiger partial charge >= 0.3 is 5.97 Å². The van der Waals surface area contributed by atoms with E-state index in [9.17, 15) is 14.7 Å². The number of nitrogens with zero attached hydrogens (tertiary/aromatic N) is 2. The molecule has 2 aromatic heterocycles. The number of anilines is 1. The van der Waals surface area contributed by atoms with Crippen LogP contribution in [0.5, 0.6) is 0 Å². The lowest BCUT2D eigenvalue weighted by molar-refractivity contribution is 0.0695. The molecule has 122 valence electrons. The molecule has 0 spiro atoms. The van der Waals surface area contributed by atoms with Gasteiger partial charge in [-0.15, -0.1) is 0 Å². The van der Waals surface area contributed by atoms with Crippen LogP contribution in [-0.2, 0) is 19.5 Å². The first-order valence-corrected chi connectivity index (χ1v) is 7.38. The number of aryl methyl sites for hydroxylation is 1. The molecule has 0 fully saturated rings. The van der Waals surface area contributed by atoms with Crippen molar-refractivity contribution in [3.8, 4) is 0 Å². The third kappa shape index (κ3) is 2.72. The van der Waals surface area contributed by atoms with Gasteiger partial charge in [0, 0.05) is 37.4 Å². The number of nitrogens with two attached hydrogens (primary N) is 1. The van der Waals surface area contributed by atoms with Gasteiger partial charge in [-0.3, -0.25) is 14.7 Å². The number of carbonyl (C=O) groups is 1. The molecule has 3 rings (SSSR count). The highest BCUT2D eigenvalue weighted by molar-refractivity contribution is 5.91. The molecule has 0 radical (unpaired) electrons. The maximum atomic E-state index is 12.0. The predicted octanol–water partition coefficient (Wildman–Crippen LogP) is 0.554. The summed E-state index contributed by atoms with van der Waals surface area (Å²) in [7, 11) is 0. The van der Waals surface area contributed by atoms with E-state index in [1.54, 1.807) is 13.8 Å². The lowest BCUT2D eigenvalue weighted by Gasteiger charge is -2.27. The summed E-state index contributed by atoms with van der Waals surface area (Å²) in [5.74, 6) is -0.785. The van der Waals surface area contributed by atoms with E-state index in [1.165, 1.54) is 0 Å². The minimum atomic E-state index is -0.928. The number of hydrogen-bond acceptors (Lipinski definition) is 5. The Hall–Kier alpha value is -2.61. The van der Waals surface area contributed by atoms with Gasteiger partial charge in [0.25, 0.3) is 5.56 Å². The summed E-state index contributed by atoms with van der Waals surface area (Å²) in [5.41, 5.74) is 9.31. The van der Waals surface area contributed by atoms with Crippen molar-refractivity contribution in [3.05, 3.63) is 44.1 Å². The molecule has 0 aliphatic carbocycles. The number of carboxylic acid groups (broad SMARTS) is 1. The standard InChI is InChI=1S/C15H19N5O3/c1-7-11(17-8(2)12(7)14(22)23)6-20-4-3-10-9(5-20)13(21)19-15(16)18-10/h17H,3-6H2,1-2H3,(H,22,23)(H3,16,18,19,21). The number of nitrogens with one attached hydrogen (secondary N) is 2. The van der Waals surface area contributed by atoms with Gasteiger partial charge in [0.1, 0.15) is 0 Å². The highest BCUT2D eigenvalue weighted by Crippen LogP contribution is 2.22. The molecule has 8 heteroatoms. The van der Waals surface area contributed by atoms with Crippen LogP contribution >= 0.6 is 0 Å². The quantitative estimate of drug-likeness (QED) is 0.654. The van der Waals surface area contributed by atoms with Crippen LogP contribution in [0.1, 0.15) is 38.6 Å². The highest BCUT2D eigenvalue weighted by atomic mass is 16.4. The molecular formula is C15H19N5O3. The molecule has 5 N–H and O–H groups in total. The monoisotopic (exact) mass is 317 g/mol. The highest BCUT2D eigenvalue weighted by Gasteiger charge is 2.23. The maximum Gasteiger partial charge on any atom is 0.337 e. The van der Waals surface area contributed by atoms with E-state index in [1.807, 2.05) is 0 Å². The second kappa shape index (κ2) is 5.54. The van der Waals surface area contributed by atoms with Crippen LogP contribution in [0.3, 0.4) is 0 Å². The molecule has 0 saturated heterocycles. The molecule has 3 heterocycles. The summed E-state index contributed by atoms with van der Waals surface area (Å²) in [6.07, 6.45) is 0.647. The van der Waals surface area contributed by atoms with E-state index in [2.05, 4.69) is 19.9 Å². The van der Waals surface area contributed by atoms with E-state index in [0.717, 1.165) is 23.5 Å². The Morgan fingerprint density at radius 2 is 2.13 bits per heavy atom. The summed E-state index contributed by atoms with van der Waals surface area (Å²) in [6.45, 7) is 5.32. The van der Waals surface area contributed by atoms with Crippen molar-refractivity contribution < 1.29 is 9.90 Å². The van der Waals surface area contributed by atoms with Crippen molar-refractivity contribution in [3.63, 3.8) is 0 Å². The largest absolute Gasteiger partial charge is 0.478 e. The van der Waals surface area contributed by atoms with Crippen LogP contribution in [0.15, 0.2) is 4.79 Å². The SMILES string of the molecule is Cc1[nH]c(CN2CCc3nc(N)[nH]c(=O)c3C2)c(C)c1C(=O)O. The van der Waals surface area contributed by atoms with Crippen LogP contribution < -0.4 is 11.3 Å². The van der Waals surface area contributed by atoms with Gasteiger partial charge in [-0.25, -0.2) is 9.78 Å². The fraction of sp³-hybridized carbons (Fsp3) is 0.400. The second-order valence-electron chi connectivity index (χ2n) is 5.87. The number of nitrogen functional groups attached to an aromatic ring is 1. The summed E-state index contributed by atoms with van der Waals surface area (Å²) in [6, 6.07) is 0. The van der Waals surface area contributed by atoms with Gasteiger partial charge in [-0.05, 0) is 19.4 Å². The summed E-state index contributed by atoms with van der Waals surface area (Å²) >= 11 is 0. The molecule has 0 saturated carbocycles. The molecular weight excluding hydrogens is 298 g/mol. The fourth-order valence-corrected chi connectivity index (χ4v) is 3.15. The van der Waals surface area contributed by atoms with Crippen LogP contribution in [0.4, 0.5) is 5.95 Å². The van der Waals surface area contributed by atoms with Gasteiger partial charge in [-0.2, -0.15) is 0 Å². The lowest BCUT2D eigenvalue weighted by atomic mass is 10.1. The van der Waals surface area contributed by atoms with Gasteiger partial charge in [0.05, 0.1) is 16.8 Å². The van der Waals surface area contributed by atoms with Gasteiger partial charge in [0.2, 0.25) is 5.95 Å². The van der Waals surface area contributed by atoms with Gasteiger partial charge < -0.3 is 15.8 Å². The minimum Gasteiger partial charge on any atom is -0.478 e. The third-order valence-corrected chi connectivity index (χ3v) is 4.30. The Morgan fingerprint density at radius 1 is 1.39 bits per heavy atom. The van der Waals surface area contributed by atoms with Crippen molar-refractivity contribution in [1.82, 2.24) is 19.9 Å². The average Bonchev–Trinajstić information content (AvgIpc) is 2.74. The Labute approximate surface area is 132 Å². The lowest BCUT2D eigenvalue weighted by Crippen LogP contribution is -2.35. The zero-order valence-corrected chi connectivity index (χ0v) is 13.1. The number of hydrogen-bond donors (Lipinski definition) is 4. The van der Waals surface area contributed by atoms with Crippen LogP contribution in [0.25, 0.3) is 0 Å². The van der Waals surface area contributed by atoms with E-state index in [-0.39, 0.29) is 11.5 Å². The number of carboxylic acids is 1. The first-order chi connectivity index (χ1) is 10.9. The van der Waals surface area contributed by atoms with E-state index in [0.29, 0.717) is 36.3 Å². The van der Waals surface area contributed by atoms with Gasteiger partial charge in [0.15, 0.2) is 0 Å². The maximum absolute atomic E-state index is 12.0. The zero-order chi connectivity index (χ0) is 16.7. The van der Waals surface area contributed by atoms with E-state index in [4.69, 9.17) is 5.73 Å². The molecule has 1 aliphatic rings. The number of aromatic nitrogens is 3. The molecule has 0 bridgehead atoms. The normalized spacial score (nSPS) is 14.7. The Balaban J connectivity index is 1.85. The van der Waals surface area contributed by atoms with Crippen LogP contribution in [0, 0.1) is 13.8 Å². The topological polar surface area (TPSA) is 128 Å². The molecule has 23 heavy (non-hydrogen) atoms. The molecule has 0 aromatic carbocycles. The van der Waals surface area contributed by atoms with E-state index < -0.39 is 5.97 Å². The Morgan fingerprint density at radius 3 is 2.78 bits per heavy atom. The van der Waals surface area contributed by atoms with Gasteiger partial charge in [-0.1, -0.05) is 0 Å². The van der Waals surface area contributed by atoms with Crippen molar-refractivity contribution in [1.29, 1.82) is 0 Å². The number of aromatic carboxylic acids is 1. The van der Waals surface area contributed by atoms with E-state index >= 15 is 0 Å². The van der Waals surface area contributed by atoms with Crippen LogP contribution in [0.2, 0.25) is 0 Å². The predicted molar refractivity (Wildman–Crippen MR) is 84.3 cm³/mol. The number of fused-ring (bicyclic) bond motifs is 1. The zero-order valence-electron chi connectivity index (χ0n) is 13.1. The first-order valence-electron chi connectivity index (χ1n) is 7.38. The smallest absolute Gasteiger partial charge is 0.337 e. The summed E-state index contributed by atoms with van der Waals surface area (Å²) in [4.78, 5) is 35.2. The van der Waals surface area contributed by atoms with Crippen LogP contribution in [-0.4, -0.2) is 37.5 Å². The Bertz CT molecular complexity index is 836. The van der Waals surface area contributed by atoms with Crippen molar-refractivity contribution in [2.24, 2.45) is 0 Å². The summed E-state index contributed by atoms with van der Waals surface area (Å²) < 4.78 is 0. The molecule has 0 atom stereocenters. The fourth-order valence-electron chi connectivity index (χ4n) is 3.15. The van der Waals surface area contributed by atoms with Crippen molar-refractivity contribution in [2.45, 2.75) is 33.4 Å². The molecule has 8 nitrogen and oxygen atoms in total. The molecule has 0 amide bonds. The number of H-pyrrole nitrogens is 2. The second-order valence-corrected chi connectivity index (χ2v) is 5.87. The minimum absolute atomic E-state index is 0.143. The summed E-state index contributed by atoms with van der Waals surface area (Å²) in [5, 5.41) is 9.26. The van der Waals surface area contributed by atoms with Crippen molar-refractivity contribution in [2.75, 3.05) is 12.3 Å². The van der Waals surface area contributed by atoms with Crippen molar-refractivity contribution >= 4 is 11.9 Å². The molecule has 0 unspecified atom stereocenters. The molecule has 1 aliphatic heterocycles.